The lowest BCUT2D eigenvalue weighted by molar-refractivity contribution is -0.0667. The van der Waals surface area contributed by atoms with Crippen molar-refractivity contribution in [3.8, 4) is 0 Å². The van der Waals surface area contributed by atoms with E-state index in [0.717, 1.165) is 35.5 Å². The lowest BCUT2D eigenvalue weighted by Crippen LogP contribution is -2.49. The first-order valence-corrected chi connectivity index (χ1v) is 13.3. The zero-order chi connectivity index (χ0) is 24.5. The van der Waals surface area contributed by atoms with E-state index < -0.39 is 10.0 Å². The molecule has 0 N–H and O–H groups in total. The van der Waals surface area contributed by atoms with Gasteiger partial charge >= 0.3 is 0 Å². The number of aromatic nitrogens is 2. The molecule has 7 nitrogen and oxygen atoms in total. The minimum absolute atomic E-state index is 0.180. The molecule has 0 atom stereocenters. The highest BCUT2D eigenvalue weighted by Gasteiger charge is 2.41. The van der Waals surface area contributed by atoms with Gasteiger partial charge in [-0.2, -0.15) is 9.40 Å². The van der Waals surface area contributed by atoms with Crippen LogP contribution in [0.15, 0.2) is 65.6 Å². The molecule has 0 radical (unpaired) electrons. The third-order valence-electron chi connectivity index (χ3n) is 7.03. The topological polar surface area (TPSA) is 75.6 Å². The van der Waals surface area contributed by atoms with Gasteiger partial charge in [-0.1, -0.05) is 30.3 Å². The van der Waals surface area contributed by atoms with Gasteiger partial charge in [0.15, 0.2) is 5.82 Å². The van der Waals surface area contributed by atoms with Crippen molar-refractivity contribution < 1.29 is 17.5 Å². The van der Waals surface area contributed by atoms with Gasteiger partial charge in [0, 0.05) is 26.2 Å². The van der Waals surface area contributed by atoms with Crippen LogP contribution < -0.4 is 4.90 Å². The number of sulfonamides is 1. The summed E-state index contributed by atoms with van der Waals surface area (Å²) in [4.78, 5) is 2.44. The number of nitrogens with zero attached hydrogens (tertiary/aromatic N) is 4. The molecule has 5 rings (SSSR count). The number of piperazine rings is 1. The maximum atomic E-state index is 13.2. The van der Waals surface area contributed by atoms with Gasteiger partial charge in [-0.05, 0) is 61.2 Å². The molecule has 0 saturated carbocycles. The summed E-state index contributed by atoms with van der Waals surface area (Å²) < 4.78 is 46.4. The van der Waals surface area contributed by atoms with Crippen LogP contribution in [0.25, 0.3) is 0 Å². The van der Waals surface area contributed by atoms with Crippen molar-refractivity contribution in [3.05, 3.63) is 83.3 Å². The zero-order valence-electron chi connectivity index (χ0n) is 19.7. The molecule has 0 aliphatic carbocycles. The number of halogens is 1. The Morgan fingerprint density at radius 3 is 2.26 bits per heavy atom. The number of aryl methyl sites for hydroxylation is 2. The van der Waals surface area contributed by atoms with Crippen LogP contribution in [0.1, 0.15) is 23.2 Å². The number of hydrogen-bond donors (Lipinski definition) is 0. The summed E-state index contributed by atoms with van der Waals surface area (Å²) in [6, 6.07) is 17.7. The Balaban J connectivity index is 1.22. The van der Waals surface area contributed by atoms with Gasteiger partial charge in [0.25, 0.3) is 0 Å². The molecular weight excluding hydrogens is 467 g/mol. The Labute approximate surface area is 205 Å². The first kappa shape index (κ1) is 23.8. The molecule has 2 saturated heterocycles. The molecule has 1 aromatic heterocycles. The number of hydrogen-bond acceptors (Lipinski definition) is 6. The van der Waals surface area contributed by atoms with E-state index in [1.54, 1.807) is 16.4 Å². The van der Waals surface area contributed by atoms with Crippen molar-refractivity contribution >= 4 is 15.8 Å². The highest BCUT2D eigenvalue weighted by atomic mass is 32.2. The van der Waals surface area contributed by atoms with E-state index in [2.05, 4.69) is 15.1 Å². The highest BCUT2D eigenvalue weighted by Crippen LogP contribution is 2.36. The summed E-state index contributed by atoms with van der Waals surface area (Å²) in [6.07, 6.45) is 1.66. The fraction of sp³-hybridized carbons (Fsp3) is 0.385. The van der Waals surface area contributed by atoms with Gasteiger partial charge in [0.2, 0.25) is 10.0 Å². The molecule has 0 unspecified atom stereocenters. The molecule has 2 aliphatic heterocycles. The standard InChI is InChI=1S/C26H29FN4O3S/c1-20-4-2-3-5-23(20)35(32,33)31-16-14-30(15-17-31)25-11-10-24(28-29-25)26(18-34-19-26)13-12-21-6-8-22(27)9-7-21/h2-11H,12-19H2,1H3. The van der Waals surface area contributed by atoms with Gasteiger partial charge in [0.05, 0.1) is 29.2 Å². The smallest absolute Gasteiger partial charge is 0.243 e. The molecule has 3 heterocycles. The van der Waals surface area contributed by atoms with Gasteiger partial charge in [-0.3, -0.25) is 0 Å². The first-order valence-electron chi connectivity index (χ1n) is 11.8. The predicted molar refractivity (Wildman–Crippen MR) is 131 cm³/mol. The summed E-state index contributed by atoms with van der Waals surface area (Å²) >= 11 is 0. The third kappa shape index (κ3) is 4.80. The van der Waals surface area contributed by atoms with Crippen LogP contribution >= 0.6 is 0 Å². The molecule has 0 bridgehead atoms. The minimum Gasteiger partial charge on any atom is -0.379 e. The second kappa shape index (κ2) is 9.64. The molecule has 0 amide bonds. The lowest BCUT2D eigenvalue weighted by atomic mass is 9.77. The molecule has 2 aliphatic rings. The van der Waals surface area contributed by atoms with E-state index in [4.69, 9.17) is 4.74 Å². The maximum absolute atomic E-state index is 13.2. The molecule has 3 aromatic rings. The number of anilines is 1. The van der Waals surface area contributed by atoms with Gasteiger partial charge in [0.1, 0.15) is 5.82 Å². The molecule has 2 fully saturated rings. The Hall–Kier alpha value is -2.88. The van der Waals surface area contributed by atoms with Crippen LogP contribution in [0, 0.1) is 12.7 Å². The summed E-state index contributed by atoms with van der Waals surface area (Å²) in [5.41, 5.74) is 2.56. The van der Waals surface area contributed by atoms with E-state index in [0.29, 0.717) is 44.3 Å². The molecule has 9 heteroatoms. The normalized spacial score (nSPS) is 18.3. The average Bonchev–Trinajstić information content (AvgIpc) is 2.85. The average molecular weight is 497 g/mol. The second-order valence-corrected chi connectivity index (χ2v) is 11.2. The van der Waals surface area contributed by atoms with Crippen molar-refractivity contribution in [2.24, 2.45) is 0 Å². The molecular formula is C26H29FN4O3S. The fourth-order valence-electron chi connectivity index (χ4n) is 4.72. The summed E-state index contributed by atoms with van der Waals surface area (Å²) in [6.45, 7) is 4.91. The monoisotopic (exact) mass is 496 g/mol. The van der Waals surface area contributed by atoms with E-state index in [9.17, 15) is 12.8 Å². The van der Waals surface area contributed by atoms with Crippen LogP contribution in [0.4, 0.5) is 10.2 Å². The van der Waals surface area contributed by atoms with Crippen LogP contribution in [0.5, 0.6) is 0 Å². The van der Waals surface area contributed by atoms with Gasteiger partial charge in [-0.25, -0.2) is 12.8 Å². The molecule has 35 heavy (non-hydrogen) atoms. The SMILES string of the molecule is Cc1ccccc1S(=O)(=O)N1CCN(c2ccc(C3(CCc4ccc(F)cc4)COC3)nn2)CC1. The maximum Gasteiger partial charge on any atom is 0.243 e. The van der Waals surface area contributed by atoms with Crippen molar-refractivity contribution in [3.63, 3.8) is 0 Å². The summed E-state index contributed by atoms with van der Waals surface area (Å²) in [7, 11) is -3.52. The van der Waals surface area contributed by atoms with Crippen LogP contribution in [0.3, 0.4) is 0 Å². The van der Waals surface area contributed by atoms with E-state index >= 15 is 0 Å². The summed E-state index contributed by atoms with van der Waals surface area (Å²) in [5, 5.41) is 9.02. The zero-order valence-corrected chi connectivity index (χ0v) is 20.5. The van der Waals surface area contributed by atoms with E-state index in [1.807, 2.05) is 43.3 Å². The molecule has 184 valence electrons. The van der Waals surface area contributed by atoms with Crippen LogP contribution in [0.2, 0.25) is 0 Å². The lowest BCUT2D eigenvalue weighted by Gasteiger charge is -2.41. The van der Waals surface area contributed by atoms with Gasteiger partial charge < -0.3 is 9.64 Å². The molecule has 2 aromatic carbocycles. The summed E-state index contributed by atoms with van der Waals surface area (Å²) in [5.74, 6) is 0.515. The first-order chi connectivity index (χ1) is 16.9. The largest absolute Gasteiger partial charge is 0.379 e. The fourth-order valence-corrected chi connectivity index (χ4v) is 6.37. The number of rotatable bonds is 7. The Bertz CT molecular complexity index is 1270. The Morgan fingerprint density at radius 2 is 1.66 bits per heavy atom. The highest BCUT2D eigenvalue weighted by molar-refractivity contribution is 7.89. The number of ether oxygens (including phenoxy) is 1. The quantitative estimate of drug-likeness (QED) is 0.500. The Morgan fingerprint density at radius 1 is 0.943 bits per heavy atom. The third-order valence-corrected chi connectivity index (χ3v) is 9.09. The second-order valence-electron chi connectivity index (χ2n) is 9.33. The van der Waals surface area contributed by atoms with Crippen molar-refractivity contribution in [2.45, 2.75) is 30.1 Å². The molecule has 0 spiro atoms. The van der Waals surface area contributed by atoms with Gasteiger partial charge in [-0.15, -0.1) is 5.10 Å². The minimum atomic E-state index is -3.52. The van der Waals surface area contributed by atoms with E-state index in [1.165, 1.54) is 12.1 Å². The Kier molecular flexibility index (Phi) is 6.57. The van der Waals surface area contributed by atoms with Crippen LogP contribution in [-0.4, -0.2) is 62.3 Å². The van der Waals surface area contributed by atoms with Crippen molar-refractivity contribution in [1.29, 1.82) is 0 Å². The van der Waals surface area contributed by atoms with Crippen molar-refractivity contribution in [2.75, 3.05) is 44.3 Å². The number of benzene rings is 2. The predicted octanol–water partition coefficient (Wildman–Crippen LogP) is 3.34. The van der Waals surface area contributed by atoms with Crippen molar-refractivity contribution in [1.82, 2.24) is 14.5 Å². The van der Waals surface area contributed by atoms with Crippen LogP contribution in [-0.2, 0) is 26.6 Å². The van der Waals surface area contributed by atoms with E-state index in [-0.39, 0.29) is 11.2 Å².